The van der Waals surface area contributed by atoms with Gasteiger partial charge in [-0.15, -0.1) is 0 Å². The van der Waals surface area contributed by atoms with Gasteiger partial charge in [0.2, 0.25) is 0 Å². The molecule has 0 aromatic carbocycles. The van der Waals surface area contributed by atoms with Crippen molar-refractivity contribution in [2.24, 2.45) is 10.9 Å². The summed E-state index contributed by atoms with van der Waals surface area (Å²) in [5.74, 6) is 2.24. The summed E-state index contributed by atoms with van der Waals surface area (Å²) in [7, 11) is 0. The molecule has 3 nitrogen and oxygen atoms in total. The van der Waals surface area contributed by atoms with E-state index in [1.54, 1.807) is 0 Å². The molecule has 0 aromatic heterocycles. The molecule has 2 saturated carbocycles. The van der Waals surface area contributed by atoms with Gasteiger partial charge in [-0.2, -0.15) is 0 Å². The number of hydrogen-bond acceptors (Lipinski definition) is 3. The van der Waals surface area contributed by atoms with Crippen LogP contribution in [0.15, 0.2) is 4.99 Å². The van der Waals surface area contributed by atoms with Crippen LogP contribution in [-0.2, 0) is 0 Å². The minimum atomic E-state index is 0.715. The SMILES string of the molecule is C1CCC2C(C1)NC1=NCCC(C3CC3)N12. The number of nitrogens with zero attached hydrogens (tertiary/aromatic N) is 2. The Morgan fingerprint density at radius 2 is 1.88 bits per heavy atom. The molecule has 0 spiro atoms. The van der Waals surface area contributed by atoms with Crippen LogP contribution in [0, 0.1) is 5.92 Å². The van der Waals surface area contributed by atoms with Crippen LogP contribution < -0.4 is 5.32 Å². The van der Waals surface area contributed by atoms with E-state index in [4.69, 9.17) is 4.99 Å². The molecule has 0 bridgehead atoms. The Labute approximate surface area is 97.3 Å². The molecule has 0 aromatic rings. The number of nitrogens with one attached hydrogen (secondary N) is 1. The van der Waals surface area contributed by atoms with Gasteiger partial charge in [-0.05, 0) is 38.0 Å². The molecule has 3 heteroatoms. The van der Waals surface area contributed by atoms with Gasteiger partial charge in [0.25, 0.3) is 0 Å². The molecule has 0 radical (unpaired) electrons. The lowest BCUT2D eigenvalue weighted by Crippen LogP contribution is -2.48. The first-order valence-corrected chi connectivity index (χ1v) is 7.03. The third-order valence-corrected chi connectivity index (χ3v) is 4.86. The normalized spacial score (nSPS) is 42.1. The van der Waals surface area contributed by atoms with E-state index in [2.05, 4.69) is 10.2 Å². The van der Waals surface area contributed by atoms with Crippen molar-refractivity contribution in [3.05, 3.63) is 0 Å². The zero-order valence-corrected chi connectivity index (χ0v) is 9.86. The molecule has 3 atom stereocenters. The summed E-state index contributed by atoms with van der Waals surface area (Å²) < 4.78 is 0. The highest BCUT2D eigenvalue weighted by atomic mass is 15.4. The number of rotatable bonds is 1. The van der Waals surface area contributed by atoms with Crippen LogP contribution in [0.4, 0.5) is 0 Å². The van der Waals surface area contributed by atoms with Gasteiger partial charge in [0.1, 0.15) is 0 Å². The highest BCUT2D eigenvalue weighted by molar-refractivity contribution is 5.84. The summed E-state index contributed by atoms with van der Waals surface area (Å²) >= 11 is 0. The third-order valence-electron chi connectivity index (χ3n) is 4.86. The predicted molar refractivity (Wildman–Crippen MR) is 64.4 cm³/mol. The monoisotopic (exact) mass is 219 g/mol. The van der Waals surface area contributed by atoms with E-state index < -0.39 is 0 Å². The number of guanidine groups is 1. The van der Waals surface area contributed by atoms with E-state index in [-0.39, 0.29) is 0 Å². The molecule has 88 valence electrons. The van der Waals surface area contributed by atoms with Crippen molar-refractivity contribution in [3.63, 3.8) is 0 Å². The number of aliphatic imine (C=N–C) groups is 1. The Morgan fingerprint density at radius 1 is 1.00 bits per heavy atom. The van der Waals surface area contributed by atoms with Crippen LogP contribution in [0.25, 0.3) is 0 Å². The molecule has 1 N–H and O–H groups in total. The van der Waals surface area contributed by atoms with Crippen molar-refractivity contribution >= 4 is 5.96 Å². The molecule has 2 aliphatic carbocycles. The predicted octanol–water partition coefficient (Wildman–Crippen LogP) is 1.74. The van der Waals surface area contributed by atoms with Gasteiger partial charge in [0, 0.05) is 18.6 Å². The highest BCUT2D eigenvalue weighted by Gasteiger charge is 2.47. The Balaban J connectivity index is 1.64. The molecule has 16 heavy (non-hydrogen) atoms. The van der Waals surface area contributed by atoms with Crippen LogP contribution >= 0.6 is 0 Å². The zero-order chi connectivity index (χ0) is 10.5. The molecule has 2 aliphatic heterocycles. The lowest BCUT2D eigenvalue weighted by molar-refractivity contribution is 0.172. The molecular formula is C13H21N3. The molecule has 0 amide bonds. The first-order valence-electron chi connectivity index (χ1n) is 7.03. The van der Waals surface area contributed by atoms with E-state index in [1.165, 1.54) is 50.9 Å². The maximum Gasteiger partial charge on any atom is 0.194 e. The quantitative estimate of drug-likeness (QED) is 0.727. The summed E-state index contributed by atoms with van der Waals surface area (Å²) in [6.45, 7) is 1.06. The van der Waals surface area contributed by atoms with E-state index in [9.17, 15) is 0 Å². The fourth-order valence-electron chi connectivity index (χ4n) is 3.93. The van der Waals surface area contributed by atoms with Crippen molar-refractivity contribution in [3.8, 4) is 0 Å². The highest BCUT2D eigenvalue weighted by Crippen LogP contribution is 2.42. The average molecular weight is 219 g/mol. The van der Waals surface area contributed by atoms with Crippen molar-refractivity contribution in [1.82, 2.24) is 10.2 Å². The van der Waals surface area contributed by atoms with Crippen LogP contribution in [0.3, 0.4) is 0 Å². The fraction of sp³-hybridized carbons (Fsp3) is 0.923. The van der Waals surface area contributed by atoms with E-state index >= 15 is 0 Å². The first-order chi connectivity index (χ1) is 7.93. The molecule has 3 fully saturated rings. The Hall–Kier alpha value is -0.730. The van der Waals surface area contributed by atoms with Gasteiger partial charge >= 0.3 is 0 Å². The molecule has 2 heterocycles. The maximum absolute atomic E-state index is 4.71. The van der Waals surface area contributed by atoms with E-state index in [1.807, 2.05) is 0 Å². The lowest BCUT2D eigenvalue weighted by atomic mass is 9.89. The second-order valence-corrected chi connectivity index (χ2v) is 5.91. The molecule has 1 saturated heterocycles. The van der Waals surface area contributed by atoms with Gasteiger partial charge < -0.3 is 10.2 Å². The van der Waals surface area contributed by atoms with Crippen molar-refractivity contribution in [1.29, 1.82) is 0 Å². The third kappa shape index (κ3) is 1.30. The molecule has 3 unspecified atom stereocenters. The largest absolute Gasteiger partial charge is 0.351 e. The maximum atomic E-state index is 4.71. The standard InChI is InChI=1S/C13H21N3/c1-2-4-12-10(3-1)15-13-14-8-7-11(16(12)13)9-5-6-9/h9-12H,1-8H2,(H,14,15). The minimum absolute atomic E-state index is 0.715. The van der Waals surface area contributed by atoms with E-state index in [0.29, 0.717) is 6.04 Å². The number of fused-ring (bicyclic) bond motifs is 3. The second kappa shape index (κ2) is 3.38. The summed E-state index contributed by atoms with van der Waals surface area (Å²) in [4.78, 5) is 7.39. The second-order valence-electron chi connectivity index (χ2n) is 5.91. The van der Waals surface area contributed by atoms with Crippen LogP contribution in [0.1, 0.15) is 44.9 Å². The summed E-state index contributed by atoms with van der Waals surface area (Å²) in [5, 5.41) is 3.68. The van der Waals surface area contributed by atoms with Crippen molar-refractivity contribution in [2.45, 2.75) is 63.1 Å². The van der Waals surface area contributed by atoms with Gasteiger partial charge in [-0.1, -0.05) is 12.8 Å². The number of hydrogen-bond donors (Lipinski definition) is 1. The fourth-order valence-corrected chi connectivity index (χ4v) is 3.93. The van der Waals surface area contributed by atoms with Gasteiger partial charge in [-0.25, -0.2) is 0 Å². The van der Waals surface area contributed by atoms with Crippen LogP contribution in [0.2, 0.25) is 0 Å². The molecular weight excluding hydrogens is 198 g/mol. The van der Waals surface area contributed by atoms with Crippen molar-refractivity contribution < 1.29 is 0 Å². The van der Waals surface area contributed by atoms with Gasteiger partial charge in [0.15, 0.2) is 5.96 Å². The Bertz CT molecular complexity index is 321. The smallest absolute Gasteiger partial charge is 0.194 e. The summed E-state index contributed by atoms with van der Waals surface area (Å²) in [5.41, 5.74) is 0. The Morgan fingerprint density at radius 3 is 2.75 bits per heavy atom. The Kier molecular flexibility index (Phi) is 1.97. The van der Waals surface area contributed by atoms with Gasteiger partial charge in [-0.3, -0.25) is 4.99 Å². The summed E-state index contributed by atoms with van der Waals surface area (Å²) in [6, 6.07) is 2.32. The molecule has 4 rings (SSSR count). The van der Waals surface area contributed by atoms with Crippen molar-refractivity contribution in [2.75, 3.05) is 6.54 Å². The minimum Gasteiger partial charge on any atom is -0.351 e. The van der Waals surface area contributed by atoms with Gasteiger partial charge in [0.05, 0.1) is 6.04 Å². The van der Waals surface area contributed by atoms with Crippen LogP contribution in [0.5, 0.6) is 0 Å². The van der Waals surface area contributed by atoms with E-state index in [0.717, 1.165) is 24.5 Å². The molecule has 4 aliphatic rings. The van der Waals surface area contributed by atoms with Crippen LogP contribution in [-0.4, -0.2) is 35.5 Å². The summed E-state index contributed by atoms with van der Waals surface area (Å²) in [6.07, 6.45) is 9.81. The lowest BCUT2D eigenvalue weighted by Gasteiger charge is -2.38. The first kappa shape index (κ1) is 9.32. The topological polar surface area (TPSA) is 27.6 Å². The zero-order valence-electron chi connectivity index (χ0n) is 9.86. The average Bonchev–Trinajstić information content (AvgIpc) is 3.09.